The molecule has 1 aromatic carbocycles. The average Bonchev–Trinajstić information content (AvgIpc) is 3.05. The number of carbonyl (C=O) groups excluding carboxylic acids is 1. The van der Waals surface area contributed by atoms with Crippen molar-refractivity contribution < 1.29 is 17.9 Å². The van der Waals surface area contributed by atoms with Crippen LogP contribution in [0.5, 0.6) is 0 Å². The molecule has 0 atom stereocenters. The molecule has 0 aliphatic carbocycles. The predicted octanol–water partition coefficient (Wildman–Crippen LogP) is 2.95. The number of benzene rings is 1. The monoisotopic (exact) mass is 403 g/mol. The number of hydrogen-bond acceptors (Lipinski definition) is 7. The number of aryl methyl sites for hydroxylation is 1. The van der Waals surface area contributed by atoms with E-state index in [0.717, 1.165) is 5.56 Å². The summed E-state index contributed by atoms with van der Waals surface area (Å²) in [5.41, 5.74) is 5.65. The molecule has 28 heavy (non-hydrogen) atoms. The molecule has 0 saturated heterocycles. The SMILES string of the molecule is Cc1cccc(S(=O)(=O)c2nc3[nH]ccc3nc2NNC(=O)OC(C)(C)C)c1. The van der Waals surface area contributed by atoms with Gasteiger partial charge in [0.25, 0.3) is 0 Å². The summed E-state index contributed by atoms with van der Waals surface area (Å²) >= 11 is 0. The van der Waals surface area contributed by atoms with Gasteiger partial charge in [-0.05, 0) is 51.5 Å². The van der Waals surface area contributed by atoms with Gasteiger partial charge in [-0.2, -0.15) is 0 Å². The van der Waals surface area contributed by atoms with Gasteiger partial charge in [0, 0.05) is 6.20 Å². The molecule has 0 spiro atoms. The van der Waals surface area contributed by atoms with Crippen molar-refractivity contribution in [2.24, 2.45) is 0 Å². The summed E-state index contributed by atoms with van der Waals surface area (Å²) < 4.78 is 31.4. The quantitative estimate of drug-likeness (QED) is 0.572. The van der Waals surface area contributed by atoms with Crippen LogP contribution in [0.4, 0.5) is 10.6 Å². The molecule has 0 fully saturated rings. The number of aromatic amines is 1. The van der Waals surface area contributed by atoms with Crippen molar-refractivity contribution in [3.05, 3.63) is 42.1 Å². The van der Waals surface area contributed by atoms with Gasteiger partial charge in [-0.25, -0.2) is 28.6 Å². The van der Waals surface area contributed by atoms with E-state index in [1.807, 2.05) is 0 Å². The molecule has 9 nitrogen and oxygen atoms in total. The normalized spacial score (nSPS) is 12.0. The molecule has 0 aliphatic heterocycles. The number of fused-ring (bicyclic) bond motifs is 1. The van der Waals surface area contributed by atoms with Crippen LogP contribution in [0.25, 0.3) is 11.2 Å². The van der Waals surface area contributed by atoms with Gasteiger partial charge in [-0.15, -0.1) is 0 Å². The number of nitrogens with zero attached hydrogens (tertiary/aromatic N) is 2. The van der Waals surface area contributed by atoms with E-state index in [2.05, 4.69) is 25.8 Å². The van der Waals surface area contributed by atoms with Crippen LogP contribution in [0.2, 0.25) is 0 Å². The van der Waals surface area contributed by atoms with E-state index < -0.39 is 21.5 Å². The number of nitrogens with one attached hydrogen (secondary N) is 3. The van der Waals surface area contributed by atoms with Crippen LogP contribution in [0.1, 0.15) is 26.3 Å². The van der Waals surface area contributed by atoms with Gasteiger partial charge in [0.2, 0.25) is 14.9 Å². The zero-order chi connectivity index (χ0) is 20.5. The average molecular weight is 403 g/mol. The van der Waals surface area contributed by atoms with Crippen molar-refractivity contribution in [3.8, 4) is 0 Å². The highest BCUT2D eigenvalue weighted by Crippen LogP contribution is 2.26. The Balaban J connectivity index is 2.01. The first-order valence-electron chi connectivity index (χ1n) is 8.48. The lowest BCUT2D eigenvalue weighted by atomic mass is 10.2. The first-order valence-corrected chi connectivity index (χ1v) is 9.96. The molecule has 0 unspecified atom stereocenters. The van der Waals surface area contributed by atoms with Crippen LogP contribution in [0, 0.1) is 6.92 Å². The molecular formula is C18H21N5O4S. The second-order valence-corrected chi connectivity index (χ2v) is 9.03. The summed E-state index contributed by atoms with van der Waals surface area (Å²) in [4.78, 5) is 23.3. The van der Waals surface area contributed by atoms with Crippen molar-refractivity contribution in [1.82, 2.24) is 20.4 Å². The summed E-state index contributed by atoms with van der Waals surface area (Å²) in [6, 6.07) is 8.11. The maximum Gasteiger partial charge on any atom is 0.426 e. The minimum atomic E-state index is -3.99. The van der Waals surface area contributed by atoms with E-state index in [-0.39, 0.29) is 15.7 Å². The highest BCUT2D eigenvalue weighted by atomic mass is 32.2. The highest BCUT2D eigenvalue weighted by molar-refractivity contribution is 7.91. The van der Waals surface area contributed by atoms with Crippen molar-refractivity contribution in [3.63, 3.8) is 0 Å². The highest BCUT2D eigenvalue weighted by Gasteiger charge is 2.26. The number of ether oxygens (including phenoxy) is 1. The predicted molar refractivity (Wildman–Crippen MR) is 104 cm³/mol. The summed E-state index contributed by atoms with van der Waals surface area (Å²) in [5, 5.41) is -0.316. The summed E-state index contributed by atoms with van der Waals surface area (Å²) in [7, 11) is -3.99. The number of amides is 1. The Morgan fingerprint density at radius 2 is 1.93 bits per heavy atom. The topological polar surface area (TPSA) is 126 Å². The number of hydrazine groups is 1. The molecule has 0 aliphatic rings. The van der Waals surface area contributed by atoms with E-state index in [4.69, 9.17) is 4.74 Å². The lowest BCUT2D eigenvalue weighted by Gasteiger charge is -2.20. The Bertz CT molecular complexity index is 1130. The fraction of sp³-hybridized carbons (Fsp3) is 0.278. The lowest BCUT2D eigenvalue weighted by Crippen LogP contribution is -2.36. The second kappa shape index (κ2) is 7.12. The number of carbonyl (C=O) groups is 1. The molecule has 0 saturated carbocycles. The zero-order valence-electron chi connectivity index (χ0n) is 15.9. The van der Waals surface area contributed by atoms with Gasteiger partial charge < -0.3 is 9.72 Å². The largest absolute Gasteiger partial charge is 0.443 e. The van der Waals surface area contributed by atoms with Crippen molar-refractivity contribution in [1.29, 1.82) is 0 Å². The first kappa shape index (κ1) is 19.6. The van der Waals surface area contributed by atoms with Crippen LogP contribution in [0.3, 0.4) is 0 Å². The van der Waals surface area contributed by atoms with Gasteiger partial charge in [0.1, 0.15) is 11.1 Å². The Kier molecular flexibility index (Phi) is 4.99. The number of H-pyrrole nitrogens is 1. The van der Waals surface area contributed by atoms with E-state index >= 15 is 0 Å². The number of rotatable bonds is 4. The van der Waals surface area contributed by atoms with E-state index in [0.29, 0.717) is 11.2 Å². The molecule has 3 aromatic rings. The van der Waals surface area contributed by atoms with Crippen molar-refractivity contribution in [2.75, 3.05) is 5.43 Å². The molecule has 3 N–H and O–H groups in total. The van der Waals surface area contributed by atoms with Crippen LogP contribution < -0.4 is 10.9 Å². The number of anilines is 1. The zero-order valence-corrected chi connectivity index (χ0v) is 16.7. The maximum absolute atomic E-state index is 13.1. The molecule has 148 valence electrons. The van der Waals surface area contributed by atoms with E-state index in [1.54, 1.807) is 58.2 Å². The smallest absolute Gasteiger partial charge is 0.426 e. The Morgan fingerprint density at radius 3 is 2.61 bits per heavy atom. The van der Waals surface area contributed by atoms with Crippen LogP contribution in [-0.2, 0) is 14.6 Å². The summed E-state index contributed by atoms with van der Waals surface area (Å²) in [6.45, 7) is 6.94. The van der Waals surface area contributed by atoms with Crippen LogP contribution in [-0.4, -0.2) is 35.1 Å². The molecule has 2 aromatic heterocycles. The fourth-order valence-corrected chi connectivity index (χ4v) is 3.82. The van der Waals surface area contributed by atoms with Gasteiger partial charge >= 0.3 is 6.09 Å². The first-order chi connectivity index (χ1) is 13.1. The van der Waals surface area contributed by atoms with Crippen LogP contribution in [0.15, 0.2) is 46.5 Å². The Labute approximate surface area is 162 Å². The standard InChI is InChI=1S/C18H21N5O4S/c1-11-6-5-7-12(10-11)28(25,26)16-15(20-13-8-9-19-14(13)21-16)22-23-17(24)27-18(2,3)4/h5-10H,1-4H3,(H,19,21)(H,20,22)(H,23,24). The van der Waals surface area contributed by atoms with Gasteiger partial charge in [0.15, 0.2) is 11.5 Å². The third-order valence-electron chi connectivity index (χ3n) is 3.59. The number of sulfone groups is 1. The van der Waals surface area contributed by atoms with Gasteiger partial charge in [0.05, 0.1) is 4.90 Å². The molecule has 3 rings (SSSR count). The molecular weight excluding hydrogens is 382 g/mol. The third kappa shape index (κ3) is 4.22. The molecule has 1 amide bonds. The van der Waals surface area contributed by atoms with Gasteiger partial charge in [-0.3, -0.25) is 5.43 Å². The van der Waals surface area contributed by atoms with E-state index in [9.17, 15) is 13.2 Å². The summed E-state index contributed by atoms with van der Waals surface area (Å²) in [5.74, 6) is -0.112. The Morgan fingerprint density at radius 1 is 1.18 bits per heavy atom. The number of hydrogen-bond donors (Lipinski definition) is 3. The Hall–Kier alpha value is -3.14. The molecule has 10 heteroatoms. The van der Waals surface area contributed by atoms with E-state index in [1.165, 1.54) is 6.07 Å². The molecule has 0 radical (unpaired) electrons. The van der Waals surface area contributed by atoms with Crippen molar-refractivity contribution in [2.45, 2.75) is 43.2 Å². The molecule has 0 bridgehead atoms. The minimum Gasteiger partial charge on any atom is -0.443 e. The van der Waals surface area contributed by atoms with Gasteiger partial charge in [-0.1, -0.05) is 12.1 Å². The number of aromatic nitrogens is 3. The fourth-order valence-electron chi connectivity index (χ4n) is 2.43. The minimum absolute atomic E-state index is 0.0769. The third-order valence-corrected chi connectivity index (χ3v) is 5.26. The maximum atomic E-state index is 13.1. The second-order valence-electron chi connectivity index (χ2n) is 7.16. The molecule has 2 heterocycles. The lowest BCUT2D eigenvalue weighted by molar-refractivity contribution is 0.0540. The summed E-state index contributed by atoms with van der Waals surface area (Å²) in [6.07, 6.45) is 0.820. The van der Waals surface area contributed by atoms with Crippen molar-refractivity contribution >= 4 is 32.9 Å². The van der Waals surface area contributed by atoms with Crippen LogP contribution >= 0.6 is 0 Å².